The Morgan fingerprint density at radius 3 is 2.26 bits per heavy atom. The van der Waals surface area contributed by atoms with Crippen LogP contribution in [-0.4, -0.2) is 31.1 Å². The SMILES string of the molecule is Cl.Fc1ccc([C@@H](C2CCCCC2)N2CCNCC2)c(F)c1F. The number of piperazine rings is 1. The molecule has 23 heavy (non-hydrogen) atoms. The van der Waals surface area contributed by atoms with Gasteiger partial charge in [-0.3, -0.25) is 4.90 Å². The van der Waals surface area contributed by atoms with Gasteiger partial charge in [-0.15, -0.1) is 12.4 Å². The van der Waals surface area contributed by atoms with Crippen LogP contribution in [0.15, 0.2) is 12.1 Å². The van der Waals surface area contributed by atoms with Crippen LogP contribution in [0.5, 0.6) is 0 Å². The molecule has 130 valence electrons. The van der Waals surface area contributed by atoms with E-state index in [1.54, 1.807) is 0 Å². The third-order valence-corrected chi connectivity index (χ3v) is 5.03. The summed E-state index contributed by atoms with van der Waals surface area (Å²) >= 11 is 0. The first-order valence-electron chi connectivity index (χ1n) is 8.26. The fourth-order valence-electron chi connectivity index (χ4n) is 3.93. The lowest BCUT2D eigenvalue weighted by Crippen LogP contribution is -2.47. The number of nitrogens with one attached hydrogen (secondary N) is 1. The fraction of sp³-hybridized carbons (Fsp3) is 0.647. The topological polar surface area (TPSA) is 15.3 Å². The first-order valence-corrected chi connectivity index (χ1v) is 8.26. The lowest BCUT2D eigenvalue weighted by molar-refractivity contribution is 0.0998. The molecule has 1 aliphatic heterocycles. The molecule has 1 saturated carbocycles. The zero-order chi connectivity index (χ0) is 15.5. The van der Waals surface area contributed by atoms with Gasteiger partial charge in [0.15, 0.2) is 17.5 Å². The van der Waals surface area contributed by atoms with E-state index in [1.807, 2.05) is 0 Å². The van der Waals surface area contributed by atoms with Crippen LogP contribution in [0.4, 0.5) is 13.2 Å². The Hall–Kier alpha value is -0.780. The number of nitrogens with zero attached hydrogens (tertiary/aromatic N) is 1. The molecule has 1 aromatic rings. The Balaban J connectivity index is 0.00000192. The van der Waals surface area contributed by atoms with Crippen molar-refractivity contribution >= 4 is 12.4 Å². The smallest absolute Gasteiger partial charge is 0.194 e. The average molecular weight is 349 g/mol. The number of hydrogen-bond donors (Lipinski definition) is 1. The maximum atomic E-state index is 14.4. The first-order chi connectivity index (χ1) is 10.7. The molecule has 1 aromatic carbocycles. The third-order valence-electron chi connectivity index (χ3n) is 5.03. The summed E-state index contributed by atoms with van der Waals surface area (Å²) in [5.74, 6) is -3.13. The normalized spacial score (nSPS) is 21.7. The van der Waals surface area contributed by atoms with Crippen molar-refractivity contribution in [2.24, 2.45) is 5.92 Å². The van der Waals surface area contributed by atoms with Crippen LogP contribution >= 0.6 is 12.4 Å². The minimum absolute atomic E-state index is 0. The molecule has 2 aliphatic rings. The Labute approximate surface area is 141 Å². The summed E-state index contributed by atoms with van der Waals surface area (Å²) in [6.45, 7) is 3.35. The van der Waals surface area contributed by atoms with E-state index >= 15 is 0 Å². The largest absolute Gasteiger partial charge is 0.314 e. The van der Waals surface area contributed by atoms with Gasteiger partial charge in [0.1, 0.15) is 0 Å². The summed E-state index contributed by atoms with van der Waals surface area (Å²) in [7, 11) is 0. The van der Waals surface area contributed by atoms with E-state index < -0.39 is 17.5 Å². The number of hydrogen-bond acceptors (Lipinski definition) is 2. The second-order valence-electron chi connectivity index (χ2n) is 6.39. The van der Waals surface area contributed by atoms with Crippen LogP contribution in [0.1, 0.15) is 43.7 Å². The Morgan fingerprint density at radius 2 is 1.61 bits per heavy atom. The second kappa shape index (κ2) is 8.36. The molecule has 1 aliphatic carbocycles. The van der Waals surface area contributed by atoms with Crippen LogP contribution in [0.2, 0.25) is 0 Å². The van der Waals surface area contributed by atoms with Gasteiger partial charge in [0.05, 0.1) is 0 Å². The van der Waals surface area contributed by atoms with Gasteiger partial charge in [-0.25, -0.2) is 13.2 Å². The molecule has 6 heteroatoms. The highest BCUT2D eigenvalue weighted by molar-refractivity contribution is 5.85. The van der Waals surface area contributed by atoms with Crippen molar-refractivity contribution in [1.29, 1.82) is 0 Å². The van der Waals surface area contributed by atoms with Gasteiger partial charge in [0.25, 0.3) is 0 Å². The predicted octanol–water partition coefficient (Wildman–Crippen LogP) is 4.05. The van der Waals surface area contributed by atoms with Crippen LogP contribution in [0, 0.1) is 23.4 Å². The molecule has 2 nitrogen and oxygen atoms in total. The predicted molar refractivity (Wildman–Crippen MR) is 87.3 cm³/mol. The van der Waals surface area contributed by atoms with E-state index in [-0.39, 0.29) is 18.4 Å². The van der Waals surface area contributed by atoms with Gasteiger partial charge in [-0.1, -0.05) is 25.3 Å². The zero-order valence-electron chi connectivity index (χ0n) is 13.2. The van der Waals surface area contributed by atoms with Crippen LogP contribution < -0.4 is 5.32 Å². The van der Waals surface area contributed by atoms with Crippen molar-refractivity contribution in [2.45, 2.75) is 38.1 Å². The average Bonchev–Trinajstić information content (AvgIpc) is 2.57. The van der Waals surface area contributed by atoms with Gasteiger partial charge < -0.3 is 5.32 Å². The molecule has 1 heterocycles. The van der Waals surface area contributed by atoms with Crippen LogP contribution in [0.25, 0.3) is 0 Å². The van der Waals surface area contributed by atoms with Crippen molar-refractivity contribution in [2.75, 3.05) is 26.2 Å². The molecular formula is C17H24ClF3N2. The number of rotatable bonds is 3. The monoisotopic (exact) mass is 348 g/mol. The van der Waals surface area contributed by atoms with Crippen molar-refractivity contribution < 1.29 is 13.2 Å². The van der Waals surface area contributed by atoms with Gasteiger partial charge in [0, 0.05) is 37.8 Å². The quantitative estimate of drug-likeness (QED) is 0.829. The van der Waals surface area contributed by atoms with Crippen LogP contribution in [0.3, 0.4) is 0 Å². The van der Waals surface area contributed by atoms with E-state index in [0.717, 1.165) is 57.9 Å². The standard InChI is InChI=1S/C17H23F3N2.ClH/c18-14-7-6-13(15(19)16(14)20)17(12-4-2-1-3-5-12)22-10-8-21-9-11-22;/h6-7,12,17,21H,1-5,8-11H2;1H/t17-;/m1./s1. The zero-order valence-corrected chi connectivity index (χ0v) is 14.0. The molecule has 1 N–H and O–H groups in total. The summed E-state index contributed by atoms with van der Waals surface area (Å²) < 4.78 is 41.3. The van der Waals surface area contributed by atoms with Crippen LogP contribution in [-0.2, 0) is 0 Å². The minimum atomic E-state index is -1.34. The molecule has 3 rings (SSSR count). The van der Waals surface area contributed by atoms with Gasteiger partial charge in [-0.2, -0.15) is 0 Å². The first kappa shape index (κ1) is 18.6. The molecule has 1 saturated heterocycles. The molecule has 0 amide bonds. The van der Waals surface area contributed by atoms with Crippen molar-refractivity contribution in [1.82, 2.24) is 10.2 Å². The molecule has 2 fully saturated rings. The van der Waals surface area contributed by atoms with E-state index in [1.165, 1.54) is 12.5 Å². The summed E-state index contributed by atoms with van der Waals surface area (Å²) in [4.78, 5) is 2.24. The van der Waals surface area contributed by atoms with Crippen molar-refractivity contribution in [3.05, 3.63) is 35.1 Å². The van der Waals surface area contributed by atoms with Gasteiger partial charge in [0.2, 0.25) is 0 Å². The Bertz CT molecular complexity index is 497. The summed E-state index contributed by atoms with van der Waals surface area (Å²) in [5, 5.41) is 3.29. The summed E-state index contributed by atoms with van der Waals surface area (Å²) in [6.07, 6.45) is 5.56. The fourth-order valence-corrected chi connectivity index (χ4v) is 3.93. The highest BCUT2D eigenvalue weighted by Crippen LogP contribution is 2.40. The van der Waals surface area contributed by atoms with E-state index in [4.69, 9.17) is 0 Å². The molecular weight excluding hydrogens is 325 g/mol. The highest BCUT2D eigenvalue weighted by atomic mass is 35.5. The van der Waals surface area contributed by atoms with Gasteiger partial charge >= 0.3 is 0 Å². The maximum Gasteiger partial charge on any atom is 0.194 e. The van der Waals surface area contributed by atoms with Crippen molar-refractivity contribution in [3.63, 3.8) is 0 Å². The Kier molecular flexibility index (Phi) is 6.74. The van der Waals surface area contributed by atoms with E-state index in [2.05, 4.69) is 10.2 Å². The van der Waals surface area contributed by atoms with E-state index in [0.29, 0.717) is 11.5 Å². The lowest BCUT2D eigenvalue weighted by Gasteiger charge is -2.41. The molecule has 0 aromatic heterocycles. The third kappa shape index (κ3) is 4.01. The summed E-state index contributed by atoms with van der Waals surface area (Å²) in [5.41, 5.74) is 0.327. The Morgan fingerprint density at radius 1 is 0.957 bits per heavy atom. The molecule has 0 bridgehead atoms. The highest BCUT2D eigenvalue weighted by Gasteiger charge is 2.33. The van der Waals surface area contributed by atoms with E-state index in [9.17, 15) is 13.2 Å². The maximum absolute atomic E-state index is 14.4. The molecule has 0 radical (unpaired) electrons. The second-order valence-corrected chi connectivity index (χ2v) is 6.39. The lowest BCUT2D eigenvalue weighted by atomic mass is 9.80. The molecule has 0 spiro atoms. The minimum Gasteiger partial charge on any atom is -0.314 e. The molecule has 0 unspecified atom stereocenters. The van der Waals surface area contributed by atoms with Gasteiger partial charge in [-0.05, 0) is 24.8 Å². The number of halogens is 4. The summed E-state index contributed by atoms with van der Waals surface area (Å²) in [6, 6.07) is 2.36. The molecule has 1 atom stereocenters. The van der Waals surface area contributed by atoms with Crippen molar-refractivity contribution in [3.8, 4) is 0 Å². The number of benzene rings is 1.